The molecule has 0 saturated heterocycles. The molecule has 0 spiro atoms. The molecule has 0 unspecified atom stereocenters. The molecule has 12 heavy (non-hydrogen) atoms. The molecule has 0 aromatic heterocycles. The van der Waals surface area contributed by atoms with Gasteiger partial charge < -0.3 is 0 Å². The minimum atomic E-state index is -0.139. The van der Waals surface area contributed by atoms with E-state index in [4.69, 9.17) is 0 Å². The number of benzene rings is 1. The highest BCUT2D eigenvalue weighted by atomic mass is 19.1. The molecule has 0 atom stereocenters. The quantitative estimate of drug-likeness (QED) is 0.626. The van der Waals surface area contributed by atoms with E-state index in [9.17, 15) is 4.39 Å². The van der Waals surface area contributed by atoms with Crippen LogP contribution in [0, 0.1) is 5.82 Å². The summed E-state index contributed by atoms with van der Waals surface area (Å²) in [7, 11) is 0. The van der Waals surface area contributed by atoms with Crippen molar-refractivity contribution in [2.45, 2.75) is 20.3 Å². The second-order valence-electron chi connectivity index (χ2n) is 2.78. The molecule has 1 aromatic carbocycles. The molecular formula is C11H13F. The molecule has 0 radical (unpaired) electrons. The van der Waals surface area contributed by atoms with E-state index in [1.165, 1.54) is 6.07 Å². The zero-order chi connectivity index (χ0) is 8.97. The van der Waals surface area contributed by atoms with Crippen molar-refractivity contribution in [2.24, 2.45) is 0 Å². The van der Waals surface area contributed by atoms with Gasteiger partial charge in [0.05, 0.1) is 0 Å². The summed E-state index contributed by atoms with van der Waals surface area (Å²) in [6, 6.07) is 6.85. The highest BCUT2D eigenvalue weighted by Crippen LogP contribution is 2.17. The first-order valence-electron chi connectivity index (χ1n) is 4.17. The number of hydrogen-bond donors (Lipinski definition) is 0. The Balaban J connectivity index is 3.02. The standard InChI is InChI=1S/C11H13F/c1-3-6-9(2)10-7-4-5-8-11(10)12/h4-8H,3H2,1-2H3. The van der Waals surface area contributed by atoms with Gasteiger partial charge in [-0.1, -0.05) is 31.2 Å². The molecule has 0 fully saturated rings. The van der Waals surface area contributed by atoms with E-state index in [0.29, 0.717) is 5.56 Å². The molecule has 0 heterocycles. The van der Waals surface area contributed by atoms with E-state index in [1.54, 1.807) is 12.1 Å². The van der Waals surface area contributed by atoms with Gasteiger partial charge in [0.2, 0.25) is 0 Å². The average molecular weight is 164 g/mol. The van der Waals surface area contributed by atoms with Crippen molar-refractivity contribution in [3.8, 4) is 0 Å². The molecule has 0 aliphatic carbocycles. The molecule has 1 aromatic rings. The summed E-state index contributed by atoms with van der Waals surface area (Å²) >= 11 is 0. The Morgan fingerprint density at radius 1 is 1.42 bits per heavy atom. The summed E-state index contributed by atoms with van der Waals surface area (Å²) in [5.74, 6) is -0.139. The molecular weight excluding hydrogens is 151 g/mol. The smallest absolute Gasteiger partial charge is 0.130 e. The third kappa shape index (κ3) is 1.94. The summed E-state index contributed by atoms with van der Waals surface area (Å²) in [6.07, 6.45) is 2.97. The minimum Gasteiger partial charge on any atom is -0.206 e. The first-order chi connectivity index (χ1) is 5.75. The fourth-order valence-corrected chi connectivity index (χ4v) is 1.20. The van der Waals surface area contributed by atoms with Crippen LogP contribution < -0.4 is 0 Å². The lowest BCUT2D eigenvalue weighted by Gasteiger charge is -2.01. The Labute approximate surface area is 72.7 Å². The van der Waals surface area contributed by atoms with Crippen LogP contribution in [-0.4, -0.2) is 0 Å². The van der Waals surface area contributed by atoms with Crippen LogP contribution in [0.3, 0.4) is 0 Å². The summed E-state index contributed by atoms with van der Waals surface area (Å²) in [5, 5.41) is 0. The first-order valence-corrected chi connectivity index (χ1v) is 4.17. The third-order valence-electron chi connectivity index (χ3n) is 1.81. The number of halogens is 1. The predicted octanol–water partition coefficient (Wildman–Crippen LogP) is 3.64. The van der Waals surface area contributed by atoms with Crippen LogP contribution in [0.5, 0.6) is 0 Å². The van der Waals surface area contributed by atoms with Gasteiger partial charge in [-0.3, -0.25) is 0 Å². The Hall–Kier alpha value is -1.11. The van der Waals surface area contributed by atoms with Crippen LogP contribution >= 0.6 is 0 Å². The largest absolute Gasteiger partial charge is 0.206 e. The molecule has 1 heteroatoms. The molecule has 0 N–H and O–H groups in total. The Morgan fingerprint density at radius 3 is 2.67 bits per heavy atom. The van der Waals surface area contributed by atoms with Gasteiger partial charge in [0.25, 0.3) is 0 Å². The van der Waals surface area contributed by atoms with Crippen LogP contribution in [0.15, 0.2) is 30.3 Å². The van der Waals surface area contributed by atoms with E-state index in [-0.39, 0.29) is 5.82 Å². The topological polar surface area (TPSA) is 0 Å². The molecule has 64 valence electrons. The van der Waals surface area contributed by atoms with Gasteiger partial charge in [0, 0.05) is 5.56 Å². The average Bonchev–Trinajstić information content (AvgIpc) is 2.05. The fourth-order valence-electron chi connectivity index (χ4n) is 1.20. The van der Waals surface area contributed by atoms with Gasteiger partial charge in [-0.2, -0.15) is 0 Å². The first kappa shape index (κ1) is 8.98. The summed E-state index contributed by atoms with van der Waals surface area (Å²) in [6.45, 7) is 3.98. The van der Waals surface area contributed by atoms with Gasteiger partial charge in [0.1, 0.15) is 5.82 Å². The molecule has 0 bridgehead atoms. The van der Waals surface area contributed by atoms with Crippen LogP contribution in [-0.2, 0) is 0 Å². The zero-order valence-electron chi connectivity index (χ0n) is 7.47. The van der Waals surface area contributed by atoms with Gasteiger partial charge in [-0.05, 0) is 25.0 Å². The minimum absolute atomic E-state index is 0.139. The Morgan fingerprint density at radius 2 is 2.08 bits per heavy atom. The molecule has 0 amide bonds. The van der Waals surface area contributed by atoms with Gasteiger partial charge in [-0.25, -0.2) is 4.39 Å². The van der Waals surface area contributed by atoms with E-state index in [2.05, 4.69) is 0 Å². The SMILES string of the molecule is CCC=C(C)c1ccccc1F. The van der Waals surface area contributed by atoms with Crippen LogP contribution in [0.1, 0.15) is 25.8 Å². The van der Waals surface area contributed by atoms with Gasteiger partial charge in [-0.15, -0.1) is 0 Å². The lowest BCUT2D eigenvalue weighted by molar-refractivity contribution is 0.624. The van der Waals surface area contributed by atoms with E-state index in [1.807, 2.05) is 26.0 Å². The highest BCUT2D eigenvalue weighted by Gasteiger charge is 2.00. The van der Waals surface area contributed by atoms with Crippen LogP contribution in [0.2, 0.25) is 0 Å². The fraction of sp³-hybridized carbons (Fsp3) is 0.273. The van der Waals surface area contributed by atoms with Crippen molar-refractivity contribution in [1.82, 2.24) is 0 Å². The van der Waals surface area contributed by atoms with Crippen molar-refractivity contribution in [2.75, 3.05) is 0 Å². The lowest BCUT2D eigenvalue weighted by atomic mass is 10.1. The summed E-state index contributed by atoms with van der Waals surface area (Å²) < 4.78 is 13.1. The Bertz CT molecular complexity index is 287. The van der Waals surface area contributed by atoms with Crippen molar-refractivity contribution < 1.29 is 4.39 Å². The van der Waals surface area contributed by atoms with Crippen molar-refractivity contribution in [1.29, 1.82) is 0 Å². The predicted molar refractivity (Wildman–Crippen MR) is 50.3 cm³/mol. The van der Waals surface area contributed by atoms with Crippen LogP contribution in [0.25, 0.3) is 5.57 Å². The van der Waals surface area contributed by atoms with E-state index < -0.39 is 0 Å². The normalized spacial score (nSPS) is 11.8. The maximum absolute atomic E-state index is 13.1. The molecule has 0 nitrogen and oxygen atoms in total. The number of hydrogen-bond acceptors (Lipinski definition) is 0. The highest BCUT2D eigenvalue weighted by molar-refractivity contribution is 5.63. The Kier molecular flexibility index (Phi) is 3.03. The van der Waals surface area contributed by atoms with E-state index in [0.717, 1.165) is 12.0 Å². The molecule has 1 rings (SSSR count). The lowest BCUT2D eigenvalue weighted by Crippen LogP contribution is -1.84. The van der Waals surface area contributed by atoms with Crippen molar-refractivity contribution in [3.63, 3.8) is 0 Å². The van der Waals surface area contributed by atoms with Crippen LogP contribution in [0.4, 0.5) is 4.39 Å². The number of allylic oxidation sites excluding steroid dienone is 2. The molecule has 0 aliphatic rings. The van der Waals surface area contributed by atoms with Crippen molar-refractivity contribution in [3.05, 3.63) is 41.7 Å². The molecule has 0 aliphatic heterocycles. The van der Waals surface area contributed by atoms with E-state index >= 15 is 0 Å². The van der Waals surface area contributed by atoms with Gasteiger partial charge in [0.15, 0.2) is 0 Å². The summed E-state index contributed by atoms with van der Waals surface area (Å²) in [4.78, 5) is 0. The third-order valence-corrected chi connectivity index (χ3v) is 1.81. The van der Waals surface area contributed by atoms with Crippen molar-refractivity contribution >= 4 is 5.57 Å². The maximum Gasteiger partial charge on any atom is 0.130 e. The zero-order valence-corrected chi connectivity index (χ0v) is 7.47. The second kappa shape index (κ2) is 4.05. The number of rotatable bonds is 2. The maximum atomic E-state index is 13.1. The van der Waals surface area contributed by atoms with Gasteiger partial charge >= 0.3 is 0 Å². The molecule has 0 saturated carbocycles. The summed E-state index contributed by atoms with van der Waals surface area (Å²) in [5.41, 5.74) is 1.72. The second-order valence-corrected chi connectivity index (χ2v) is 2.78. The monoisotopic (exact) mass is 164 g/mol.